The third kappa shape index (κ3) is 3.58. The van der Waals surface area contributed by atoms with E-state index in [2.05, 4.69) is 32.5 Å². The van der Waals surface area contributed by atoms with Crippen LogP contribution in [-0.4, -0.2) is 11.2 Å². The predicted molar refractivity (Wildman–Crippen MR) is 74.8 cm³/mol. The van der Waals surface area contributed by atoms with Crippen LogP contribution in [0.4, 0.5) is 0 Å². The average molecular weight is 323 g/mol. The van der Waals surface area contributed by atoms with Crippen LogP contribution in [0.15, 0.2) is 39.5 Å². The molecule has 3 rings (SSSR count). The maximum Gasteiger partial charge on any atom is 0.174 e. The minimum Gasteiger partial charge on any atom is -0.485 e. The van der Waals surface area contributed by atoms with Gasteiger partial charge in [-0.25, -0.2) is 0 Å². The van der Waals surface area contributed by atoms with Crippen molar-refractivity contribution in [3.63, 3.8) is 0 Å². The Balaban J connectivity index is 1.67. The molecule has 0 bridgehead atoms. The second kappa shape index (κ2) is 5.75. The summed E-state index contributed by atoms with van der Waals surface area (Å²) in [5, 5.41) is 7.16. The van der Waals surface area contributed by atoms with E-state index in [1.807, 2.05) is 12.1 Å². The quantitative estimate of drug-likeness (QED) is 0.886. The molecule has 0 atom stereocenters. The second-order valence-corrected chi connectivity index (χ2v) is 5.59. The van der Waals surface area contributed by atoms with Crippen LogP contribution >= 0.6 is 15.9 Å². The van der Waals surface area contributed by atoms with Crippen molar-refractivity contribution in [2.75, 3.05) is 0 Å². The maximum absolute atomic E-state index is 5.79. The number of hydrogen-bond acceptors (Lipinski definition) is 4. The Morgan fingerprint density at radius 3 is 3.00 bits per heavy atom. The molecule has 1 aromatic carbocycles. The van der Waals surface area contributed by atoms with Gasteiger partial charge in [0.1, 0.15) is 12.4 Å². The van der Waals surface area contributed by atoms with E-state index in [1.165, 1.54) is 12.8 Å². The lowest BCUT2D eigenvalue weighted by Gasteiger charge is -2.11. The van der Waals surface area contributed by atoms with Crippen LogP contribution in [0.2, 0.25) is 0 Å². The minimum absolute atomic E-state index is 0.401. The van der Waals surface area contributed by atoms with Gasteiger partial charge in [0.2, 0.25) is 0 Å². The molecule has 0 saturated heterocycles. The standard InChI is InChI=1S/C14H15BrN2O2/c15-11-1-4-14(18-9-13-5-6-17-19-13)10(7-11)8-16-12-2-3-12/h1,4-7,12,16H,2-3,8-9H2. The molecule has 2 aromatic rings. The number of hydrogen-bond donors (Lipinski definition) is 1. The van der Waals surface area contributed by atoms with E-state index in [1.54, 1.807) is 12.3 Å². The van der Waals surface area contributed by atoms with E-state index in [0.29, 0.717) is 12.6 Å². The van der Waals surface area contributed by atoms with Crippen LogP contribution in [0.1, 0.15) is 24.2 Å². The monoisotopic (exact) mass is 322 g/mol. The summed E-state index contributed by atoms with van der Waals surface area (Å²) in [5.74, 6) is 1.61. The molecule has 0 radical (unpaired) electrons. The molecule has 1 N–H and O–H groups in total. The van der Waals surface area contributed by atoms with E-state index in [9.17, 15) is 0 Å². The van der Waals surface area contributed by atoms with Gasteiger partial charge in [-0.1, -0.05) is 21.1 Å². The molecule has 0 amide bonds. The minimum atomic E-state index is 0.401. The molecule has 1 fully saturated rings. The maximum atomic E-state index is 5.79. The molecule has 4 nitrogen and oxygen atoms in total. The van der Waals surface area contributed by atoms with Gasteiger partial charge < -0.3 is 14.6 Å². The van der Waals surface area contributed by atoms with Crippen LogP contribution in [-0.2, 0) is 13.2 Å². The van der Waals surface area contributed by atoms with Crippen LogP contribution in [0.5, 0.6) is 5.75 Å². The van der Waals surface area contributed by atoms with Gasteiger partial charge in [-0.05, 0) is 31.0 Å². The Labute approximate surface area is 120 Å². The van der Waals surface area contributed by atoms with Gasteiger partial charge >= 0.3 is 0 Å². The first-order chi connectivity index (χ1) is 9.31. The molecule has 5 heteroatoms. The van der Waals surface area contributed by atoms with Gasteiger partial charge in [0.15, 0.2) is 5.76 Å². The predicted octanol–water partition coefficient (Wildman–Crippen LogP) is 3.27. The normalized spacial score (nSPS) is 14.6. The van der Waals surface area contributed by atoms with Crippen molar-refractivity contribution < 1.29 is 9.26 Å². The van der Waals surface area contributed by atoms with Crippen molar-refractivity contribution in [1.82, 2.24) is 10.5 Å². The molecule has 0 unspecified atom stereocenters. The van der Waals surface area contributed by atoms with E-state index in [4.69, 9.17) is 9.26 Å². The molecule has 0 spiro atoms. The van der Waals surface area contributed by atoms with Gasteiger partial charge in [0.05, 0.1) is 6.20 Å². The molecule has 1 aliphatic carbocycles. The summed E-state index contributed by atoms with van der Waals surface area (Å²) >= 11 is 3.50. The van der Waals surface area contributed by atoms with Crippen molar-refractivity contribution in [3.05, 3.63) is 46.3 Å². The largest absolute Gasteiger partial charge is 0.485 e. The Bertz CT molecular complexity index is 538. The molecule has 100 valence electrons. The average Bonchev–Trinajstić information content (AvgIpc) is 3.10. The fourth-order valence-corrected chi connectivity index (χ4v) is 2.24. The Morgan fingerprint density at radius 2 is 2.26 bits per heavy atom. The van der Waals surface area contributed by atoms with Crippen molar-refractivity contribution >= 4 is 15.9 Å². The number of nitrogens with zero attached hydrogens (tertiary/aromatic N) is 1. The highest BCUT2D eigenvalue weighted by atomic mass is 79.9. The lowest BCUT2D eigenvalue weighted by atomic mass is 10.2. The molecular weight excluding hydrogens is 308 g/mol. The van der Waals surface area contributed by atoms with Crippen LogP contribution < -0.4 is 10.1 Å². The third-order valence-electron chi connectivity index (χ3n) is 3.04. The van der Waals surface area contributed by atoms with Gasteiger partial charge in [0.25, 0.3) is 0 Å². The number of nitrogens with one attached hydrogen (secondary N) is 1. The first kappa shape index (κ1) is 12.7. The lowest BCUT2D eigenvalue weighted by Crippen LogP contribution is -2.16. The van der Waals surface area contributed by atoms with Crippen molar-refractivity contribution in [2.24, 2.45) is 0 Å². The van der Waals surface area contributed by atoms with E-state index < -0.39 is 0 Å². The fraction of sp³-hybridized carbons (Fsp3) is 0.357. The molecule has 19 heavy (non-hydrogen) atoms. The number of aromatic nitrogens is 1. The first-order valence-electron chi connectivity index (χ1n) is 6.35. The van der Waals surface area contributed by atoms with Gasteiger partial charge in [0, 0.05) is 28.7 Å². The third-order valence-corrected chi connectivity index (χ3v) is 3.54. The molecule has 1 aromatic heterocycles. The number of ether oxygens (including phenoxy) is 1. The Hall–Kier alpha value is -1.33. The molecule has 1 heterocycles. The van der Waals surface area contributed by atoms with Gasteiger partial charge in [-0.3, -0.25) is 0 Å². The summed E-state index contributed by atoms with van der Waals surface area (Å²) in [6.45, 7) is 1.23. The molecule has 1 saturated carbocycles. The first-order valence-corrected chi connectivity index (χ1v) is 7.15. The summed E-state index contributed by atoms with van der Waals surface area (Å²) in [7, 11) is 0. The van der Waals surface area contributed by atoms with Crippen molar-refractivity contribution in [3.8, 4) is 5.75 Å². The zero-order valence-electron chi connectivity index (χ0n) is 10.4. The van der Waals surface area contributed by atoms with Crippen molar-refractivity contribution in [2.45, 2.75) is 32.0 Å². The lowest BCUT2D eigenvalue weighted by molar-refractivity contribution is 0.247. The topological polar surface area (TPSA) is 47.3 Å². The highest BCUT2D eigenvalue weighted by Crippen LogP contribution is 2.26. The number of benzene rings is 1. The van der Waals surface area contributed by atoms with Crippen LogP contribution in [0, 0.1) is 0 Å². The van der Waals surface area contributed by atoms with Gasteiger partial charge in [-0.15, -0.1) is 0 Å². The Morgan fingerprint density at radius 1 is 1.37 bits per heavy atom. The molecular formula is C14H15BrN2O2. The summed E-state index contributed by atoms with van der Waals surface area (Å²) in [4.78, 5) is 0. The Kier molecular flexibility index (Phi) is 3.84. The van der Waals surface area contributed by atoms with Crippen LogP contribution in [0.25, 0.3) is 0 Å². The van der Waals surface area contributed by atoms with E-state index in [-0.39, 0.29) is 0 Å². The fourth-order valence-electron chi connectivity index (χ4n) is 1.83. The zero-order chi connectivity index (χ0) is 13.1. The highest BCUT2D eigenvalue weighted by molar-refractivity contribution is 9.10. The smallest absolute Gasteiger partial charge is 0.174 e. The zero-order valence-corrected chi connectivity index (χ0v) is 12.0. The molecule has 0 aliphatic heterocycles. The molecule has 1 aliphatic rings. The summed E-state index contributed by atoms with van der Waals surface area (Å²) in [6, 6.07) is 8.54. The van der Waals surface area contributed by atoms with Crippen molar-refractivity contribution in [1.29, 1.82) is 0 Å². The second-order valence-electron chi connectivity index (χ2n) is 4.67. The highest BCUT2D eigenvalue weighted by Gasteiger charge is 2.20. The SMILES string of the molecule is Brc1ccc(OCc2ccno2)c(CNC2CC2)c1. The summed E-state index contributed by atoms with van der Waals surface area (Å²) < 4.78 is 11.9. The van der Waals surface area contributed by atoms with E-state index >= 15 is 0 Å². The number of halogens is 1. The summed E-state index contributed by atoms with van der Waals surface area (Å²) in [6.07, 6.45) is 4.18. The summed E-state index contributed by atoms with van der Waals surface area (Å²) in [5.41, 5.74) is 1.15. The van der Waals surface area contributed by atoms with E-state index in [0.717, 1.165) is 28.1 Å². The number of rotatable bonds is 6. The van der Waals surface area contributed by atoms with Gasteiger partial charge in [-0.2, -0.15) is 0 Å². The van der Waals surface area contributed by atoms with Crippen LogP contribution in [0.3, 0.4) is 0 Å².